The molecule has 0 radical (unpaired) electrons. The van der Waals surface area contributed by atoms with E-state index in [2.05, 4.69) is 0 Å². The Kier molecular flexibility index (Phi) is 3.84. The third-order valence-corrected chi connectivity index (χ3v) is 6.07. The van der Waals surface area contributed by atoms with Crippen LogP contribution < -0.4 is 0 Å². The molecule has 0 fully saturated rings. The molecule has 0 aromatic carbocycles. The second-order valence-electron chi connectivity index (χ2n) is 5.12. The maximum Gasteiger partial charge on any atom is 0.179 e. The lowest BCUT2D eigenvalue weighted by molar-refractivity contribution is 0.102. The molecule has 0 saturated carbocycles. The molecule has 0 aliphatic heterocycles. The van der Waals surface area contributed by atoms with E-state index in [4.69, 9.17) is 0 Å². The maximum atomic E-state index is 12.0. The Morgan fingerprint density at radius 1 is 1.29 bits per heavy atom. The number of rotatable bonds is 3. The smallest absolute Gasteiger partial charge is 0.179 e. The number of hydrogen-bond acceptors (Lipinski definition) is 4. The number of ketones is 1. The van der Waals surface area contributed by atoms with Gasteiger partial charge in [0.05, 0.1) is 4.75 Å². The molecular formula is C12H18O3S2. The summed E-state index contributed by atoms with van der Waals surface area (Å²) in [7, 11) is -3.40. The van der Waals surface area contributed by atoms with E-state index in [1.807, 2.05) is 13.8 Å². The largest absolute Gasteiger partial charge is 0.293 e. The van der Waals surface area contributed by atoms with Crippen LogP contribution in [0.4, 0.5) is 0 Å². The number of aryl methyl sites for hydroxylation is 2. The van der Waals surface area contributed by atoms with Gasteiger partial charge < -0.3 is 0 Å². The van der Waals surface area contributed by atoms with Crippen molar-refractivity contribution in [2.45, 2.75) is 39.4 Å². The highest BCUT2D eigenvalue weighted by atomic mass is 32.2. The lowest BCUT2D eigenvalue weighted by atomic mass is 10.2. The Balaban J connectivity index is 2.99. The van der Waals surface area contributed by atoms with Gasteiger partial charge in [-0.25, -0.2) is 8.42 Å². The van der Waals surface area contributed by atoms with Crippen molar-refractivity contribution in [2.75, 3.05) is 5.75 Å². The van der Waals surface area contributed by atoms with Crippen molar-refractivity contribution in [2.24, 2.45) is 0 Å². The van der Waals surface area contributed by atoms with Gasteiger partial charge in [0.25, 0.3) is 0 Å². The van der Waals surface area contributed by atoms with Crippen molar-refractivity contribution in [1.29, 1.82) is 0 Å². The Labute approximate surface area is 107 Å². The van der Waals surface area contributed by atoms with Crippen LogP contribution in [0.1, 0.15) is 40.9 Å². The molecule has 17 heavy (non-hydrogen) atoms. The van der Waals surface area contributed by atoms with Gasteiger partial charge in [0.2, 0.25) is 0 Å². The summed E-state index contributed by atoms with van der Waals surface area (Å²) in [5, 5.41) is 0. The van der Waals surface area contributed by atoms with Gasteiger partial charge in [0, 0.05) is 15.3 Å². The van der Waals surface area contributed by atoms with E-state index in [9.17, 15) is 13.2 Å². The minimum Gasteiger partial charge on any atom is -0.293 e. The molecule has 0 aliphatic carbocycles. The van der Waals surface area contributed by atoms with Crippen LogP contribution in [0.3, 0.4) is 0 Å². The number of thiophene rings is 1. The third-order valence-electron chi connectivity index (χ3n) is 2.60. The number of carbonyl (C=O) groups is 1. The molecular weight excluding hydrogens is 256 g/mol. The molecule has 0 aliphatic rings. The molecule has 0 amide bonds. The van der Waals surface area contributed by atoms with E-state index in [1.54, 1.807) is 26.8 Å². The summed E-state index contributed by atoms with van der Waals surface area (Å²) in [4.78, 5) is 13.9. The zero-order valence-corrected chi connectivity index (χ0v) is 12.5. The van der Waals surface area contributed by atoms with Crippen molar-refractivity contribution in [3.8, 4) is 0 Å². The predicted octanol–water partition coefficient (Wildman–Crippen LogP) is 2.76. The summed E-state index contributed by atoms with van der Waals surface area (Å²) < 4.78 is 23.0. The normalized spacial score (nSPS) is 12.8. The second kappa shape index (κ2) is 4.53. The standard InChI is InChI=1S/C12H18O3S2/c1-8-6-10(9(2)16-8)11(13)7-17(14,15)12(3,4)5/h6H,7H2,1-5H3. The van der Waals surface area contributed by atoms with Crippen LogP contribution in [0, 0.1) is 13.8 Å². The highest BCUT2D eigenvalue weighted by Gasteiger charge is 2.32. The molecule has 1 aromatic rings. The summed E-state index contributed by atoms with van der Waals surface area (Å²) in [6.45, 7) is 8.59. The van der Waals surface area contributed by atoms with Gasteiger partial charge in [-0.2, -0.15) is 0 Å². The Hall–Kier alpha value is -0.680. The molecule has 0 bridgehead atoms. The van der Waals surface area contributed by atoms with Gasteiger partial charge in [-0.05, 0) is 40.7 Å². The van der Waals surface area contributed by atoms with Gasteiger partial charge in [0.15, 0.2) is 15.6 Å². The van der Waals surface area contributed by atoms with Crippen LogP contribution in [0.2, 0.25) is 0 Å². The fourth-order valence-electron chi connectivity index (χ4n) is 1.37. The number of carbonyl (C=O) groups excluding carboxylic acids is 1. The average Bonchev–Trinajstić information content (AvgIpc) is 2.42. The maximum absolute atomic E-state index is 12.0. The molecule has 1 aromatic heterocycles. The van der Waals surface area contributed by atoms with Gasteiger partial charge in [-0.3, -0.25) is 4.79 Å². The van der Waals surface area contributed by atoms with Crippen molar-refractivity contribution in [3.05, 3.63) is 21.4 Å². The first-order chi connectivity index (χ1) is 7.54. The second-order valence-corrected chi connectivity index (χ2v) is 9.32. The van der Waals surface area contributed by atoms with Crippen molar-refractivity contribution in [1.82, 2.24) is 0 Å². The molecule has 1 heterocycles. The fraction of sp³-hybridized carbons (Fsp3) is 0.583. The van der Waals surface area contributed by atoms with Crippen molar-refractivity contribution in [3.63, 3.8) is 0 Å². The quantitative estimate of drug-likeness (QED) is 0.796. The molecule has 0 spiro atoms. The average molecular weight is 274 g/mol. The van der Waals surface area contributed by atoms with Crippen molar-refractivity contribution >= 4 is 27.0 Å². The molecule has 0 unspecified atom stereocenters. The number of hydrogen-bond donors (Lipinski definition) is 0. The highest BCUT2D eigenvalue weighted by molar-refractivity contribution is 7.93. The minimum absolute atomic E-state index is 0.304. The van der Waals surface area contributed by atoms with E-state index >= 15 is 0 Å². The highest BCUT2D eigenvalue weighted by Crippen LogP contribution is 2.23. The molecule has 3 nitrogen and oxygen atoms in total. The zero-order valence-electron chi connectivity index (χ0n) is 10.8. The van der Waals surface area contributed by atoms with Gasteiger partial charge in [-0.1, -0.05) is 0 Å². The first-order valence-electron chi connectivity index (χ1n) is 5.37. The molecule has 0 saturated heterocycles. The molecule has 0 atom stereocenters. The Bertz CT molecular complexity index is 531. The molecule has 5 heteroatoms. The SMILES string of the molecule is Cc1cc(C(=O)CS(=O)(=O)C(C)(C)C)c(C)s1. The number of sulfone groups is 1. The van der Waals surface area contributed by atoms with E-state index in [1.165, 1.54) is 11.3 Å². The van der Waals surface area contributed by atoms with E-state index in [0.717, 1.165) is 9.75 Å². The summed E-state index contributed by atoms with van der Waals surface area (Å²) in [5.41, 5.74) is 0.542. The zero-order chi connectivity index (χ0) is 13.4. The Morgan fingerprint density at radius 3 is 2.18 bits per heavy atom. The summed E-state index contributed by atoms with van der Waals surface area (Å²) in [6.07, 6.45) is 0. The van der Waals surface area contributed by atoms with E-state index in [0.29, 0.717) is 5.56 Å². The minimum atomic E-state index is -3.40. The van der Waals surface area contributed by atoms with Crippen LogP contribution in [0.5, 0.6) is 0 Å². The first kappa shape index (κ1) is 14.4. The van der Waals surface area contributed by atoms with Crippen LogP contribution >= 0.6 is 11.3 Å². The lowest BCUT2D eigenvalue weighted by Crippen LogP contribution is -2.33. The van der Waals surface area contributed by atoms with E-state index in [-0.39, 0.29) is 5.78 Å². The first-order valence-corrected chi connectivity index (χ1v) is 7.84. The van der Waals surface area contributed by atoms with Crippen molar-refractivity contribution < 1.29 is 13.2 Å². The van der Waals surface area contributed by atoms with Gasteiger partial charge in [0.1, 0.15) is 5.75 Å². The molecule has 1 rings (SSSR count). The topological polar surface area (TPSA) is 51.2 Å². The monoisotopic (exact) mass is 274 g/mol. The fourth-order valence-corrected chi connectivity index (χ4v) is 3.25. The van der Waals surface area contributed by atoms with Crippen LogP contribution in [-0.4, -0.2) is 24.7 Å². The number of Topliss-reactive ketones (excluding diaryl/α,β-unsaturated/α-hetero) is 1. The summed E-state index contributed by atoms with van der Waals surface area (Å²) in [6, 6.07) is 1.76. The van der Waals surface area contributed by atoms with Crippen LogP contribution in [0.25, 0.3) is 0 Å². The Morgan fingerprint density at radius 2 is 1.82 bits per heavy atom. The lowest BCUT2D eigenvalue weighted by Gasteiger charge is -2.18. The van der Waals surface area contributed by atoms with Gasteiger partial charge >= 0.3 is 0 Å². The van der Waals surface area contributed by atoms with Gasteiger partial charge in [-0.15, -0.1) is 11.3 Å². The van der Waals surface area contributed by atoms with E-state index < -0.39 is 20.3 Å². The molecule has 0 N–H and O–H groups in total. The van der Waals surface area contributed by atoms with Crippen LogP contribution in [-0.2, 0) is 9.84 Å². The summed E-state index contributed by atoms with van der Waals surface area (Å²) in [5.74, 6) is -0.713. The molecule has 96 valence electrons. The summed E-state index contributed by atoms with van der Waals surface area (Å²) >= 11 is 1.52. The predicted molar refractivity (Wildman–Crippen MR) is 71.7 cm³/mol. The third kappa shape index (κ3) is 3.16. The van der Waals surface area contributed by atoms with Crippen LogP contribution in [0.15, 0.2) is 6.07 Å².